The summed E-state index contributed by atoms with van der Waals surface area (Å²) < 4.78 is 37.5. The van der Waals surface area contributed by atoms with Gasteiger partial charge in [0.25, 0.3) is 15.9 Å². The van der Waals surface area contributed by atoms with Gasteiger partial charge in [-0.15, -0.1) is 0 Å². The smallest absolute Gasteiger partial charge is 0.264 e. The average molecular weight is 472 g/mol. The number of methoxy groups -OCH3 is 2. The fourth-order valence-electron chi connectivity index (χ4n) is 2.73. The van der Waals surface area contributed by atoms with Crippen molar-refractivity contribution in [3.05, 3.63) is 78.4 Å². The molecule has 8 nitrogen and oxygen atoms in total. The lowest BCUT2D eigenvalue weighted by atomic mass is 10.2. The standard InChI is InChI=1S/C22H21N3O5S2/c1-29-17-10-13-19(20(14-17)30-2)24-22(31)23-16-8-11-18(12-9-16)32(27,28)25-21(26)15-6-4-3-5-7-15/h3-14H,1-2H3,(H,25,26)(H2,23,24,31). The molecule has 0 aliphatic heterocycles. The van der Waals surface area contributed by atoms with Crippen molar-refractivity contribution in [2.45, 2.75) is 4.90 Å². The van der Waals surface area contributed by atoms with Gasteiger partial charge in [-0.25, -0.2) is 13.1 Å². The summed E-state index contributed by atoms with van der Waals surface area (Å²) in [6.07, 6.45) is 0. The Kier molecular flexibility index (Phi) is 7.29. The number of rotatable bonds is 7. The molecule has 1 amide bonds. The highest BCUT2D eigenvalue weighted by molar-refractivity contribution is 7.90. The number of nitrogens with one attached hydrogen (secondary N) is 3. The van der Waals surface area contributed by atoms with Crippen LogP contribution in [0.5, 0.6) is 11.5 Å². The molecule has 166 valence electrons. The van der Waals surface area contributed by atoms with Crippen LogP contribution < -0.4 is 24.8 Å². The minimum absolute atomic E-state index is 0.0527. The van der Waals surface area contributed by atoms with Gasteiger partial charge in [-0.1, -0.05) is 18.2 Å². The van der Waals surface area contributed by atoms with Crippen LogP contribution in [0.1, 0.15) is 10.4 Å². The van der Waals surface area contributed by atoms with E-state index in [-0.39, 0.29) is 15.6 Å². The van der Waals surface area contributed by atoms with Crippen molar-refractivity contribution >= 4 is 44.6 Å². The Labute approximate surface area is 191 Å². The minimum atomic E-state index is -4.02. The molecule has 3 aromatic carbocycles. The molecule has 0 heterocycles. The Morgan fingerprint density at radius 2 is 1.56 bits per heavy atom. The van der Waals surface area contributed by atoms with Gasteiger partial charge in [-0.05, 0) is 60.7 Å². The zero-order valence-corrected chi connectivity index (χ0v) is 18.9. The number of hydrogen-bond donors (Lipinski definition) is 3. The average Bonchev–Trinajstić information content (AvgIpc) is 2.80. The number of benzene rings is 3. The van der Waals surface area contributed by atoms with E-state index in [0.717, 1.165) is 0 Å². The first kappa shape index (κ1) is 23.0. The first-order valence-corrected chi connectivity index (χ1v) is 11.2. The van der Waals surface area contributed by atoms with Crippen LogP contribution >= 0.6 is 12.2 Å². The van der Waals surface area contributed by atoms with Gasteiger partial charge in [0.05, 0.1) is 24.8 Å². The van der Waals surface area contributed by atoms with Crippen LogP contribution in [0.2, 0.25) is 0 Å². The molecule has 3 aromatic rings. The molecule has 3 rings (SSSR count). The summed E-state index contributed by atoms with van der Waals surface area (Å²) in [5.74, 6) is 0.484. The van der Waals surface area contributed by atoms with E-state index >= 15 is 0 Å². The largest absolute Gasteiger partial charge is 0.497 e. The predicted octanol–water partition coefficient (Wildman–Crippen LogP) is 3.63. The second-order valence-electron chi connectivity index (χ2n) is 6.47. The third kappa shape index (κ3) is 5.74. The van der Waals surface area contributed by atoms with Gasteiger partial charge in [0.2, 0.25) is 0 Å². The fraction of sp³-hybridized carbons (Fsp3) is 0.0909. The zero-order valence-electron chi connectivity index (χ0n) is 17.3. The van der Waals surface area contributed by atoms with Gasteiger partial charge in [0.15, 0.2) is 5.11 Å². The number of ether oxygens (including phenoxy) is 2. The summed E-state index contributed by atoms with van der Waals surface area (Å²) >= 11 is 5.32. The highest BCUT2D eigenvalue weighted by Crippen LogP contribution is 2.29. The Balaban J connectivity index is 1.65. The zero-order chi connectivity index (χ0) is 23.1. The molecule has 0 fully saturated rings. The third-order valence-electron chi connectivity index (χ3n) is 4.34. The molecule has 0 spiro atoms. The number of amides is 1. The Hall–Kier alpha value is -3.63. The van der Waals surface area contributed by atoms with Crippen LogP contribution in [-0.2, 0) is 10.0 Å². The molecule has 0 aliphatic carbocycles. The summed E-state index contributed by atoms with van der Waals surface area (Å²) in [5.41, 5.74) is 1.44. The summed E-state index contributed by atoms with van der Waals surface area (Å²) in [7, 11) is -0.927. The molecule has 0 radical (unpaired) electrons. The first-order valence-electron chi connectivity index (χ1n) is 9.34. The molecule has 32 heavy (non-hydrogen) atoms. The van der Waals surface area contributed by atoms with E-state index in [1.807, 2.05) is 0 Å². The third-order valence-corrected chi connectivity index (χ3v) is 5.89. The van der Waals surface area contributed by atoms with E-state index in [2.05, 4.69) is 15.4 Å². The lowest BCUT2D eigenvalue weighted by Gasteiger charge is -2.14. The van der Waals surface area contributed by atoms with Gasteiger partial charge in [0.1, 0.15) is 11.5 Å². The van der Waals surface area contributed by atoms with Gasteiger partial charge in [-0.3, -0.25) is 4.79 Å². The molecule has 0 atom stereocenters. The number of carbonyl (C=O) groups is 1. The maximum absolute atomic E-state index is 12.5. The predicted molar refractivity (Wildman–Crippen MR) is 127 cm³/mol. The van der Waals surface area contributed by atoms with Crippen molar-refractivity contribution in [1.29, 1.82) is 0 Å². The molecule has 10 heteroatoms. The minimum Gasteiger partial charge on any atom is -0.497 e. The van der Waals surface area contributed by atoms with E-state index in [4.69, 9.17) is 21.7 Å². The van der Waals surface area contributed by atoms with Crippen LogP contribution in [-0.4, -0.2) is 33.7 Å². The molecule has 3 N–H and O–H groups in total. The second-order valence-corrected chi connectivity index (χ2v) is 8.56. The summed E-state index contributed by atoms with van der Waals surface area (Å²) in [6, 6.07) is 19.2. The number of sulfonamides is 1. The van der Waals surface area contributed by atoms with E-state index in [1.54, 1.807) is 55.6 Å². The lowest BCUT2D eigenvalue weighted by molar-refractivity contribution is 0.0981. The van der Waals surface area contributed by atoms with Gasteiger partial charge in [0, 0.05) is 17.3 Å². The molecule has 0 saturated heterocycles. The molecule has 0 aliphatic rings. The number of anilines is 2. The number of hydrogen-bond acceptors (Lipinski definition) is 6. The quantitative estimate of drug-likeness (QED) is 0.449. The molecule has 0 aromatic heterocycles. The highest BCUT2D eigenvalue weighted by atomic mass is 32.2. The van der Waals surface area contributed by atoms with Gasteiger partial charge >= 0.3 is 0 Å². The second kappa shape index (κ2) is 10.1. The molecule has 0 unspecified atom stereocenters. The van der Waals surface area contributed by atoms with Gasteiger partial charge in [-0.2, -0.15) is 0 Å². The van der Waals surface area contributed by atoms with Crippen molar-refractivity contribution in [1.82, 2.24) is 4.72 Å². The van der Waals surface area contributed by atoms with Crippen molar-refractivity contribution < 1.29 is 22.7 Å². The number of thiocarbonyl (C=S) groups is 1. The van der Waals surface area contributed by atoms with Crippen LogP contribution in [0.25, 0.3) is 0 Å². The topological polar surface area (TPSA) is 106 Å². The molecular formula is C22H21N3O5S2. The summed E-state index contributed by atoms with van der Waals surface area (Å²) in [6.45, 7) is 0. The van der Waals surface area contributed by atoms with E-state index < -0.39 is 15.9 Å². The SMILES string of the molecule is COc1ccc(NC(=S)Nc2ccc(S(=O)(=O)NC(=O)c3ccccc3)cc2)c(OC)c1. The van der Waals surface area contributed by atoms with Crippen molar-refractivity contribution in [3.63, 3.8) is 0 Å². The van der Waals surface area contributed by atoms with E-state index in [0.29, 0.717) is 22.9 Å². The van der Waals surface area contributed by atoms with Crippen LogP contribution in [0.15, 0.2) is 77.7 Å². The fourth-order valence-corrected chi connectivity index (χ4v) is 3.94. The van der Waals surface area contributed by atoms with Crippen LogP contribution in [0.3, 0.4) is 0 Å². The van der Waals surface area contributed by atoms with E-state index in [9.17, 15) is 13.2 Å². The maximum Gasteiger partial charge on any atom is 0.264 e. The van der Waals surface area contributed by atoms with Crippen molar-refractivity contribution in [3.8, 4) is 11.5 Å². The maximum atomic E-state index is 12.5. The highest BCUT2D eigenvalue weighted by Gasteiger charge is 2.18. The van der Waals surface area contributed by atoms with Crippen LogP contribution in [0, 0.1) is 0 Å². The molecule has 0 saturated carbocycles. The van der Waals surface area contributed by atoms with Gasteiger partial charge < -0.3 is 20.1 Å². The Morgan fingerprint density at radius 3 is 2.19 bits per heavy atom. The summed E-state index contributed by atoms with van der Waals surface area (Å²) in [4.78, 5) is 12.1. The van der Waals surface area contributed by atoms with Crippen LogP contribution in [0.4, 0.5) is 11.4 Å². The summed E-state index contributed by atoms with van der Waals surface area (Å²) in [5, 5.41) is 6.26. The van der Waals surface area contributed by atoms with Crippen molar-refractivity contribution in [2.75, 3.05) is 24.9 Å². The Morgan fingerprint density at radius 1 is 0.875 bits per heavy atom. The molecular weight excluding hydrogens is 450 g/mol. The molecule has 0 bridgehead atoms. The number of carbonyl (C=O) groups excluding carboxylic acids is 1. The first-order chi connectivity index (χ1) is 15.3. The van der Waals surface area contributed by atoms with Crippen molar-refractivity contribution in [2.24, 2.45) is 0 Å². The lowest BCUT2D eigenvalue weighted by Crippen LogP contribution is -2.30. The monoisotopic (exact) mass is 471 g/mol. The Bertz CT molecular complexity index is 1210. The normalized spacial score (nSPS) is 10.7. The van der Waals surface area contributed by atoms with E-state index in [1.165, 1.54) is 31.4 Å².